The minimum Gasteiger partial charge on any atom is -0.268 e. The quantitative estimate of drug-likeness (QED) is 0.358. The Morgan fingerprint density at radius 1 is 1.06 bits per heavy atom. The van der Waals surface area contributed by atoms with E-state index in [-0.39, 0.29) is 5.56 Å². The average Bonchev–Trinajstić information content (AvgIpc) is 3.10. The number of fused-ring (bicyclic) bond motifs is 2. The molecule has 8 heteroatoms. The van der Waals surface area contributed by atoms with Crippen LogP contribution in [0.3, 0.4) is 0 Å². The zero-order valence-electron chi connectivity index (χ0n) is 17.5. The minimum absolute atomic E-state index is 0.0468. The number of hydrogen-bond donors (Lipinski definition) is 0. The molecule has 0 N–H and O–H groups in total. The summed E-state index contributed by atoms with van der Waals surface area (Å²) >= 11 is 1.60. The summed E-state index contributed by atoms with van der Waals surface area (Å²) in [5, 5.41) is 0.654. The highest BCUT2D eigenvalue weighted by Crippen LogP contribution is 2.40. The predicted molar refractivity (Wildman–Crippen MR) is 126 cm³/mol. The molecule has 1 aliphatic heterocycles. The number of hydrogen-bond acceptors (Lipinski definition) is 6. The van der Waals surface area contributed by atoms with Gasteiger partial charge in [-0.2, -0.15) is 8.88 Å². The summed E-state index contributed by atoms with van der Waals surface area (Å²) in [6, 6.07) is 13.7. The highest BCUT2D eigenvalue weighted by Gasteiger charge is 2.35. The molecule has 0 aliphatic carbocycles. The molecule has 1 atom stereocenters. The Balaban J connectivity index is 1.65. The molecule has 1 aliphatic rings. The summed E-state index contributed by atoms with van der Waals surface area (Å²) in [6.45, 7) is 3.96. The Labute approximate surface area is 183 Å². The number of rotatable bonds is 4. The van der Waals surface area contributed by atoms with E-state index in [0.29, 0.717) is 32.2 Å². The zero-order chi connectivity index (χ0) is 21.6. The van der Waals surface area contributed by atoms with Gasteiger partial charge in [-0.1, -0.05) is 30.3 Å². The molecule has 31 heavy (non-hydrogen) atoms. The Bertz CT molecular complexity index is 1410. The van der Waals surface area contributed by atoms with Crippen molar-refractivity contribution in [3.63, 3.8) is 0 Å². The van der Waals surface area contributed by atoms with Gasteiger partial charge in [-0.15, -0.1) is 0 Å². The first-order valence-electron chi connectivity index (χ1n) is 9.92. The fourth-order valence-electron chi connectivity index (χ4n) is 3.85. The molecule has 0 radical (unpaired) electrons. The summed E-state index contributed by atoms with van der Waals surface area (Å²) in [4.78, 5) is 31.4. The summed E-state index contributed by atoms with van der Waals surface area (Å²) in [6.07, 6.45) is 5.12. The van der Waals surface area contributed by atoms with E-state index in [1.54, 1.807) is 22.7 Å². The van der Waals surface area contributed by atoms with Gasteiger partial charge in [0.1, 0.15) is 17.9 Å². The van der Waals surface area contributed by atoms with Gasteiger partial charge in [0.2, 0.25) is 17.8 Å². The Hall–Kier alpha value is -3.36. The number of quaternary nitrogens is 1. The molecule has 0 amide bonds. The molecular formula is C23H21N6OS+. The normalized spacial score (nSPS) is 17.3. The van der Waals surface area contributed by atoms with E-state index in [2.05, 4.69) is 15.0 Å². The molecule has 1 unspecified atom stereocenters. The second-order valence-corrected chi connectivity index (χ2v) is 8.97. The van der Waals surface area contributed by atoms with Crippen LogP contribution in [-0.2, 0) is 5.75 Å². The van der Waals surface area contributed by atoms with Gasteiger partial charge in [0.05, 0.1) is 41.8 Å². The van der Waals surface area contributed by atoms with E-state index >= 15 is 0 Å². The molecule has 0 saturated carbocycles. The number of nitrogens with zero attached hydrogens (tertiary/aromatic N) is 6. The summed E-state index contributed by atoms with van der Waals surface area (Å²) in [5.74, 6) is 1.87. The highest BCUT2D eigenvalue weighted by molar-refractivity contribution is 7.98. The van der Waals surface area contributed by atoms with Crippen LogP contribution in [0, 0.1) is 13.8 Å². The van der Waals surface area contributed by atoms with Gasteiger partial charge in [-0.3, -0.25) is 9.36 Å². The van der Waals surface area contributed by atoms with Crippen molar-refractivity contribution in [2.24, 2.45) is 4.99 Å². The molecule has 7 nitrogen and oxygen atoms in total. The van der Waals surface area contributed by atoms with E-state index in [0.717, 1.165) is 22.5 Å². The molecule has 4 aromatic rings. The lowest BCUT2D eigenvalue weighted by Gasteiger charge is -2.23. The first-order chi connectivity index (χ1) is 15.0. The molecule has 0 bridgehead atoms. The van der Waals surface area contributed by atoms with Crippen LogP contribution in [0.4, 0.5) is 11.5 Å². The smallest absolute Gasteiger partial charge is 0.266 e. The molecule has 5 rings (SSSR count). The maximum absolute atomic E-state index is 13.7. The van der Waals surface area contributed by atoms with Crippen LogP contribution in [0.25, 0.3) is 16.6 Å². The predicted octanol–water partition coefficient (Wildman–Crippen LogP) is 4.25. The molecule has 0 saturated heterocycles. The first-order valence-corrected chi connectivity index (χ1v) is 10.9. The summed E-state index contributed by atoms with van der Waals surface area (Å²) < 4.78 is 2.13. The third-order valence-corrected chi connectivity index (χ3v) is 6.76. The molecule has 2 aromatic carbocycles. The first kappa shape index (κ1) is 19.6. The van der Waals surface area contributed by atoms with Gasteiger partial charge >= 0.3 is 0 Å². The van der Waals surface area contributed by atoms with Gasteiger partial charge in [0, 0.05) is 0 Å². The van der Waals surface area contributed by atoms with E-state index < -0.39 is 0 Å². The average molecular weight is 430 g/mol. The minimum atomic E-state index is -0.0468. The van der Waals surface area contributed by atoms with Gasteiger partial charge in [-0.05, 0) is 37.1 Å². The second-order valence-electron chi connectivity index (χ2n) is 7.66. The topological polar surface area (TPSA) is 73.0 Å². The van der Waals surface area contributed by atoms with E-state index in [9.17, 15) is 4.79 Å². The second kappa shape index (κ2) is 7.40. The van der Waals surface area contributed by atoms with Crippen LogP contribution in [0.15, 0.2) is 64.8 Å². The molecule has 2 aromatic heterocycles. The summed E-state index contributed by atoms with van der Waals surface area (Å²) in [5.41, 5.74) is 4.37. The van der Waals surface area contributed by atoms with Crippen LogP contribution < -0.4 is 9.45 Å². The largest absolute Gasteiger partial charge is 0.268 e. The third-order valence-electron chi connectivity index (χ3n) is 5.54. The van der Waals surface area contributed by atoms with Gasteiger partial charge < -0.3 is 0 Å². The van der Waals surface area contributed by atoms with Crippen LogP contribution in [0.1, 0.15) is 17.0 Å². The van der Waals surface area contributed by atoms with Crippen molar-refractivity contribution in [2.75, 3.05) is 7.05 Å². The van der Waals surface area contributed by atoms with Crippen molar-refractivity contribution >= 4 is 40.7 Å². The number of benzene rings is 2. The third kappa shape index (κ3) is 3.24. The standard InChI is InChI=1S/C23H21N6OS/c1-15-7-4-5-10-18(15)28-20(27-17-9-6-8-16(2)21(17)23(28)30)12-31-29(3)14-26-22-19(29)11-24-13-25-22/h4-11,13-14H,12H2,1-3H3/q+1. The van der Waals surface area contributed by atoms with Gasteiger partial charge in [0.15, 0.2) is 0 Å². The van der Waals surface area contributed by atoms with Gasteiger partial charge in [0.25, 0.3) is 5.56 Å². The fraction of sp³-hybridized carbons (Fsp3) is 0.174. The number of aliphatic imine (C=N–C) groups is 1. The number of para-hydroxylation sites is 1. The summed E-state index contributed by atoms with van der Waals surface area (Å²) in [7, 11) is 2.03. The molecular weight excluding hydrogens is 408 g/mol. The van der Waals surface area contributed by atoms with Crippen LogP contribution in [-0.4, -0.2) is 32.9 Å². The Morgan fingerprint density at radius 2 is 1.87 bits per heavy atom. The lowest BCUT2D eigenvalue weighted by atomic mass is 10.1. The van der Waals surface area contributed by atoms with E-state index in [1.165, 1.54) is 6.33 Å². The monoisotopic (exact) mass is 429 g/mol. The lowest BCUT2D eigenvalue weighted by molar-refractivity contribution is 0.811. The van der Waals surface area contributed by atoms with E-state index in [1.807, 2.05) is 69.7 Å². The molecule has 3 heterocycles. The zero-order valence-corrected chi connectivity index (χ0v) is 18.3. The van der Waals surface area contributed by atoms with Crippen molar-refractivity contribution in [1.82, 2.24) is 23.4 Å². The van der Waals surface area contributed by atoms with Crippen molar-refractivity contribution in [2.45, 2.75) is 19.6 Å². The maximum atomic E-state index is 13.7. The van der Waals surface area contributed by atoms with Crippen molar-refractivity contribution in [3.8, 4) is 5.69 Å². The van der Waals surface area contributed by atoms with Crippen LogP contribution in [0.2, 0.25) is 0 Å². The van der Waals surface area contributed by atoms with Crippen molar-refractivity contribution in [3.05, 3.63) is 82.3 Å². The van der Waals surface area contributed by atoms with Gasteiger partial charge in [-0.25, -0.2) is 15.0 Å². The van der Waals surface area contributed by atoms with E-state index in [4.69, 9.17) is 4.98 Å². The fourth-order valence-corrected chi connectivity index (χ4v) is 4.81. The van der Waals surface area contributed by atoms with Crippen LogP contribution >= 0.6 is 11.9 Å². The molecule has 154 valence electrons. The number of aryl methyl sites for hydroxylation is 2. The van der Waals surface area contributed by atoms with Crippen LogP contribution in [0.5, 0.6) is 0 Å². The Morgan fingerprint density at radius 3 is 2.71 bits per heavy atom. The SMILES string of the molecule is Cc1ccccc1-n1c(CS[N+]2(C)C=Nc3ncncc32)nc2cccc(C)c2c1=O. The number of aromatic nitrogens is 4. The molecule has 0 fully saturated rings. The maximum Gasteiger partial charge on any atom is 0.266 e. The molecule has 0 spiro atoms. The lowest BCUT2D eigenvalue weighted by Crippen LogP contribution is -2.34. The Kier molecular flexibility index (Phi) is 4.68. The highest BCUT2D eigenvalue weighted by atomic mass is 32.2. The van der Waals surface area contributed by atoms with Crippen molar-refractivity contribution in [1.29, 1.82) is 0 Å². The van der Waals surface area contributed by atoms with Crippen molar-refractivity contribution < 1.29 is 0 Å².